The van der Waals surface area contributed by atoms with Crippen molar-refractivity contribution in [1.82, 2.24) is 0 Å². The fourth-order valence-corrected chi connectivity index (χ4v) is 2.70. The summed E-state index contributed by atoms with van der Waals surface area (Å²) in [6.45, 7) is -0.581. The van der Waals surface area contributed by atoms with Gasteiger partial charge >= 0.3 is 5.97 Å². The zero-order valence-corrected chi connectivity index (χ0v) is 14.4. The molecule has 5 nitrogen and oxygen atoms in total. The molecule has 1 N–H and O–H groups in total. The van der Waals surface area contributed by atoms with E-state index < -0.39 is 24.3 Å². The summed E-state index contributed by atoms with van der Waals surface area (Å²) in [6, 6.07) is 12.4. The highest BCUT2D eigenvalue weighted by Crippen LogP contribution is 2.26. The van der Waals surface area contributed by atoms with E-state index in [4.69, 9.17) is 21.6 Å². The molecule has 0 aromatic heterocycles. The minimum absolute atomic E-state index is 0.182. The van der Waals surface area contributed by atoms with Crippen LogP contribution in [0.4, 0.5) is 10.1 Å². The first kappa shape index (κ1) is 18.8. The molecule has 25 heavy (non-hydrogen) atoms. The maximum atomic E-state index is 13.6. The van der Waals surface area contributed by atoms with Crippen LogP contribution in [-0.4, -0.2) is 24.2 Å². The van der Waals surface area contributed by atoms with Crippen molar-refractivity contribution < 1.29 is 18.7 Å². The third kappa shape index (κ3) is 5.48. The summed E-state index contributed by atoms with van der Waals surface area (Å²) in [6.07, 6.45) is 0. The van der Waals surface area contributed by atoms with Crippen LogP contribution in [0.25, 0.3) is 0 Å². The fraction of sp³-hybridized carbons (Fsp3) is 0.118. The lowest BCUT2D eigenvalue weighted by molar-refractivity contribution is -0.119. The van der Waals surface area contributed by atoms with Gasteiger partial charge in [0.25, 0.3) is 5.91 Å². The van der Waals surface area contributed by atoms with Crippen molar-refractivity contribution in [3.63, 3.8) is 0 Å². The van der Waals surface area contributed by atoms with Crippen LogP contribution in [-0.2, 0) is 9.53 Å². The van der Waals surface area contributed by atoms with Crippen molar-refractivity contribution in [3.8, 4) is 6.07 Å². The van der Waals surface area contributed by atoms with Crippen molar-refractivity contribution in [2.75, 3.05) is 17.7 Å². The summed E-state index contributed by atoms with van der Waals surface area (Å²) in [5.74, 6) is -2.12. The number of benzene rings is 2. The first-order valence-corrected chi connectivity index (χ1v) is 8.38. The van der Waals surface area contributed by atoms with Crippen molar-refractivity contribution in [1.29, 1.82) is 5.26 Å². The Balaban J connectivity index is 1.96. The Morgan fingerprint density at radius 1 is 1.28 bits per heavy atom. The molecule has 0 saturated heterocycles. The first-order valence-electron chi connectivity index (χ1n) is 7.02. The van der Waals surface area contributed by atoms with Gasteiger partial charge in [-0.05, 0) is 30.3 Å². The maximum Gasteiger partial charge on any atom is 0.341 e. The van der Waals surface area contributed by atoms with Crippen LogP contribution in [0.3, 0.4) is 0 Å². The van der Waals surface area contributed by atoms with Crippen LogP contribution in [0.5, 0.6) is 0 Å². The van der Waals surface area contributed by atoms with Gasteiger partial charge in [0, 0.05) is 9.92 Å². The Hall–Kier alpha value is -2.56. The molecular formula is C17H12ClFN2O3S. The van der Waals surface area contributed by atoms with Gasteiger partial charge in [-0.25, -0.2) is 9.18 Å². The molecule has 1 amide bonds. The van der Waals surface area contributed by atoms with Crippen molar-refractivity contribution in [2.24, 2.45) is 0 Å². The van der Waals surface area contributed by atoms with E-state index in [1.807, 2.05) is 6.07 Å². The Bertz CT molecular complexity index is 839. The van der Waals surface area contributed by atoms with E-state index in [0.29, 0.717) is 10.6 Å². The molecule has 0 fully saturated rings. The number of nitrogens with one attached hydrogen (secondary N) is 1. The highest BCUT2D eigenvalue weighted by molar-refractivity contribution is 7.99. The molecule has 0 aliphatic heterocycles. The van der Waals surface area contributed by atoms with Gasteiger partial charge in [-0.3, -0.25) is 4.79 Å². The molecule has 0 aliphatic rings. The normalized spacial score (nSPS) is 9.96. The van der Waals surface area contributed by atoms with Gasteiger partial charge in [0.1, 0.15) is 5.82 Å². The Morgan fingerprint density at radius 3 is 2.80 bits per heavy atom. The summed E-state index contributed by atoms with van der Waals surface area (Å²) in [5.41, 5.74) is 0.156. The molecule has 0 aliphatic carbocycles. The Morgan fingerprint density at radius 2 is 2.04 bits per heavy atom. The number of amides is 1. The van der Waals surface area contributed by atoms with E-state index in [1.54, 1.807) is 24.3 Å². The van der Waals surface area contributed by atoms with E-state index >= 15 is 0 Å². The third-order valence-electron chi connectivity index (χ3n) is 2.94. The second-order valence-electron chi connectivity index (χ2n) is 4.69. The van der Waals surface area contributed by atoms with E-state index in [9.17, 15) is 14.0 Å². The predicted molar refractivity (Wildman–Crippen MR) is 93.1 cm³/mol. The average Bonchev–Trinajstić information content (AvgIpc) is 2.61. The lowest BCUT2D eigenvalue weighted by atomic mass is 10.2. The van der Waals surface area contributed by atoms with Crippen LogP contribution >= 0.6 is 23.4 Å². The van der Waals surface area contributed by atoms with E-state index in [1.165, 1.54) is 17.8 Å². The SMILES string of the molecule is N#CCSc1ccccc1NC(=O)COC(=O)c1cc(Cl)ccc1F. The number of carbonyl (C=O) groups is 2. The second kappa shape index (κ2) is 9.06. The number of ether oxygens (including phenoxy) is 1. The Labute approximate surface area is 152 Å². The van der Waals surface area contributed by atoms with Crippen molar-refractivity contribution in [2.45, 2.75) is 4.90 Å². The van der Waals surface area contributed by atoms with E-state index in [2.05, 4.69) is 5.32 Å². The molecule has 8 heteroatoms. The number of hydrogen-bond acceptors (Lipinski definition) is 5. The average molecular weight is 379 g/mol. The van der Waals surface area contributed by atoms with E-state index in [0.717, 1.165) is 12.1 Å². The third-order valence-corrected chi connectivity index (χ3v) is 4.11. The largest absolute Gasteiger partial charge is 0.452 e. The molecule has 2 rings (SSSR count). The van der Waals surface area contributed by atoms with Crippen LogP contribution in [0.15, 0.2) is 47.4 Å². The predicted octanol–water partition coefficient (Wildman–Crippen LogP) is 3.89. The molecule has 0 radical (unpaired) electrons. The van der Waals surface area contributed by atoms with Gasteiger partial charge < -0.3 is 10.1 Å². The molecule has 0 spiro atoms. The van der Waals surface area contributed by atoms with Crippen LogP contribution in [0, 0.1) is 17.1 Å². The number of anilines is 1. The van der Waals surface area contributed by atoms with E-state index in [-0.39, 0.29) is 16.3 Å². The molecule has 2 aromatic carbocycles. The number of rotatable bonds is 6. The summed E-state index contributed by atoms with van der Waals surface area (Å²) < 4.78 is 18.4. The summed E-state index contributed by atoms with van der Waals surface area (Å²) in [7, 11) is 0. The summed E-state index contributed by atoms with van der Waals surface area (Å²) in [4.78, 5) is 24.5. The van der Waals surface area contributed by atoms with Gasteiger partial charge in [-0.1, -0.05) is 23.7 Å². The molecule has 0 saturated carbocycles. The smallest absolute Gasteiger partial charge is 0.341 e. The molecule has 0 atom stereocenters. The lowest BCUT2D eigenvalue weighted by Crippen LogP contribution is -2.21. The molecule has 128 valence electrons. The van der Waals surface area contributed by atoms with Gasteiger partial charge in [0.2, 0.25) is 0 Å². The lowest BCUT2D eigenvalue weighted by Gasteiger charge is -2.10. The minimum Gasteiger partial charge on any atom is -0.452 e. The number of carbonyl (C=O) groups excluding carboxylic acids is 2. The van der Waals surface area contributed by atoms with Gasteiger partial charge in [-0.2, -0.15) is 5.26 Å². The minimum atomic E-state index is -0.984. The first-order chi connectivity index (χ1) is 12.0. The maximum absolute atomic E-state index is 13.6. The van der Waals surface area contributed by atoms with Crippen LogP contribution < -0.4 is 5.32 Å². The van der Waals surface area contributed by atoms with Crippen molar-refractivity contribution >= 4 is 40.9 Å². The number of hydrogen-bond donors (Lipinski definition) is 1. The van der Waals surface area contributed by atoms with Gasteiger partial charge in [-0.15, -0.1) is 11.8 Å². The second-order valence-corrected chi connectivity index (χ2v) is 6.15. The Kier molecular flexibility index (Phi) is 6.81. The molecule has 0 unspecified atom stereocenters. The number of thioether (sulfide) groups is 1. The summed E-state index contributed by atoms with van der Waals surface area (Å²) in [5, 5.41) is 11.4. The zero-order valence-electron chi connectivity index (χ0n) is 12.8. The summed E-state index contributed by atoms with van der Waals surface area (Å²) >= 11 is 6.98. The standard InChI is InChI=1S/C17H12ClFN2O3S/c18-11-5-6-13(19)12(9-11)17(23)24-10-16(22)21-14-3-1-2-4-15(14)25-8-7-20/h1-6,9H,8,10H2,(H,21,22). The molecule has 0 heterocycles. The monoisotopic (exact) mass is 378 g/mol. The van der Waals surface area contributed by atoms with Crippen LogP contribution in [0.1, 0.15) is 10.4 Å². The van der Waals surface area contributed by atoms with Gasteiger partial charge in [0.15, 0.2) is 6.61 Å². The van der Waals surface area contributed by atoms with Crippen molar-refractivity contribution in [3.05, 3.63) is 58.9 Å². The highest BCUT2D eigenvalue weighted by atomic mass is 35.5. The molecular weight excluding hydrogens is 367 g/mol. The number of nitrogens with zero attached hydrogens (tertiary/aromatic N) is 1. The number of esters is 1. The molecule has 2 aromatic rings. The fourth-order valence-electron chi connectivity index (χ4n) is 1.85. The zero-order chi connectivity index (χ0) is 18.2. The molecule has 0 bridgehead atoms. The van der Waals surface area contributed by atoms with Gasteiger partial charge in [0.05, 0.1) is 23.1 Å². The highest BCUT2D eigenvalue weighted by Gasteiger charge is 2.16. The number of para-hydroxylation sites is 1. The quantitative estimate of drug-likeness (QED) is 0.609. The van der Waals surface area contributed by atoms with Crippen LogP contribution in [0.2, 0.25) is 5.02 Å². The topological polar surface area (TPSA) is 79.2 Å². The number of halogens is 2. The number of nitriles is 1.